The monoisotopic (exact) mass is 201 g/mol. The van der Waals surface area contributed by atoms with Crippen LogP contribution in [0.5, 0.6) is 0 Å². The van der Waals surface area contributed by atoms with Crippen molar-refractivity contribution in [3.63, 3.8) is 0 Å². The van der Waals surface area contributed by atoms with Crippen molar-refractivity contribution in [2.24, 2.45) is 5.92 Å². The Hall–Kier alpha value is -0.180. The highest BCUT2D eigenvalue weighted by Crippen LogP contribution is 2.24. The van der Waals surface area contributed by atoms with E-state index in [-0.39, 0.29) is 11.9 Å². The highest BCUT2D eigenvalue weighted by Gasteiger charge is 2.17. The van der Waals surface area contributed by atoms with Crippen molar-refractivity contribution in [2.45, 2.75) is 39.2 Å². The largest absolute Gasteiger partial charge is 0.354 e. The standard InChI is InChI=1S/C10H19NOS/c1-8(2)11-10(12)6-9-4-3-5-13-7-9/h8-9H,3-7H2,1-2H3,(H,11,12). The van der Waals surface area contributed by atoms with Crippen LogP contribution in [0.3, 0.4) is 0 Å². The third-order valence-electron chi connectivity index (χ3n) is 2.18. The highest BCUT2D eigenvalue weighted by molar-refractivity contribution is 7.99. The van der Waals surface area contributed by atoms with Crippen LogP contribution in [0, 0.1) is 5.92 Å². The van der Waals surface area contributed by atoms with Gasteiger partial charge in [0.25, 0.3) is 0 Å². The topological polar surface area (TPSA) is 29.1 Å². The van der Waals surface area contributed by atoms with Crippen LogP contribution in [-0.4, -0.2) is 23.5 Å². The van der Waals surface area contributed by atoms with E-state index in [1.54, 1.807) is 0 Å². The SMILES string of the molecule is CC(C)NC(=O)CC1CCCSC1. The number of rotatable bonds is 3. The van der Waals surface area contributed by atoms with Gasteiger partial charge >= 0.3 is 0 Å². The van der Waals surface area contributed by atoms with Crippen molar-refractivity contribution in [2.75, 3.05) is 11.5 Å². The smallest absolute Gasteiger partial charge is 0.220 e. The summed E-state index contributed by atoms with van der Waals surface area (Å²) in [4.78, 5) is 11.4. The van der Waals surface area contributed by atoms with Gasteiger partial charge in [-0.1, -0.05) is 0 Å². The minimum Gasteiger partial charge on any atom is -0.354 e. The van der Waals surface area contributed by atoms with Gasteiger partial charge < -0.3 is 5.32 Å². The normalized spacial score (nSPS) is 23.2. The molecule has 13 heavy (non-hydrogen) atoms. The van der Waals surface area contributed by atoms with Crippen LogP contribution in [0.4, 0.5) is 0 Å². The molecule has 1 N–H and O–H groups in total. The van der Waals surface area contributed by atoms with Gasteiger partial charge in [-0.15, -0.1) is 0 Å². The molecule has 0 aromatic heterocycles. The first-order chi connectivity index (χ1) is 6.18. The molecule has 1 saturated heterocycles. The molecule has 76 valence electrons. The number of hydrogen-bond donors (Lipinski definition) is 1. The summed E-state index contributed by atoms with van der Waals surface area (Å²) in [6.45, 7) is 4.01. The Kier molecular flexibility index (Phi) is 4.64. The lowest BCUT2D eigenvalue weighted by Crippen LogP contribution is -2.32. The van der Waals surface area contributed by atoms with Crippen molar-refractivity contribution in [3.05, 3.63) is 0 Å². The van der Waals surface area contributed by atoms with Crippen LogP contribution in [0.25, 0.3) is 0 Å². The fourth-order valence-corrected chi connectivity index (χ4v) is 2.77. The molecule has 1 unspecified atom stereocenters. The van der Waals surface area contributed by atoms with E-state index in [9.17, 15) is 4.79 Å². The first-order valence-corrected chi connectivity index (χ1v) is 6.21. The maximum atomic E-state index is 11.4. The Bertz CT molecular complexity index is 164. The Balaban J connectivity index is 2.18. The number of carbonyl (C=O) groups excluding carboxylic acids is 1. The van der Waals surface area contributed by atoms with Crippen LogP contribution in [0.2, 0.25) is 0 Å². The molecule has 1 fully saturated rings. The Labute approximate surface area is 84.9 Å². The molecule has 3 heteroatoms. The van der Waals surface area contributed by atoms with E-state index in [4.69, 9.17) is 0 Å². The van der Waals surface area contributed by atoms with Gasteiger partial charge in [-0.3, -0.25) is 4.79 Å². The molecular formula is C10H19NOS. The molecule has 1 heterocycles. The lowest BCUT2D eigenvalue weighted by atomic mass is 10.0. The third kappa shape index (κ3) is 4.55. The molecule has 1 rings (SSSR count). The molecule has 1 aliphatic rings. The van der Waals surface area contributed by atoms with Crippen LogP contribution in [0.1, 0.15) is 33.1 Å². The molecule has 0 saturated carbocycles. The lowest BCUT2D eigenvalue weighted by molar-refractivity contribution is -0.122. The van der Waals surface area contributed by atoms with E-state index in [0.717, 1.165) is 6.42 Å². The van der Waals surface area contributed by atoms with Crippen molar-refractivity contribution in [1.82, 2.24) is 5.32 Å². The summed E-state index contributed by atoms with van der Waals surface area (Å²) >= 11 is 1.98. The highest BCUT2D eigenvalue weighted by atomic mass is 32.2. The van der Waals surface area contributed by atoms with Gasteiger partial charge in [-0.2, -0.15) is 11.8 Å². The van der Waals surface area contributed by atoms with Gasteiger partial charge in [-0.25, -0.2) is 0 Å². The van der Waals surface area contributed by atoms with E-state index < -0.39 is 0 Å². The maximum Gasteiger partial charge on any atom is 0.220 e. The second-order valence-corrected chi connectivity index (χ2v) is 5.16. The lowest BCUT2D eigenvalue weighted by Gasteiger charge is -2.21. The zero-order valence-electron chi connectivity index (χ0n) is 8.51. The first-order valence-electron chi connectivity index (χ1n) is 5.05. The van der Waals surface area contributed by atoms with Crippen LogP contribution in [0.15, 0.2) is 0 Å². The Morgan fingerprint density at radius 1 is 1.62 bits per heavy atom. The van der Waals surface area contributed by atoms with Crippen molar-refractivity contribution in [1.29, 1.82) is 0 Å². The number of nitrogens with one attached hydrogen (secondary N) is 1. The molecule has 0 spiro atoms. The number of carbonyl (C=O) groups is 1. The fraction of sp³-hybridized carbons (Fsp3) is 0.900. The quantitative estimate of drug-likeness (QED) is 0.757. The summed E-state index contributed by atoms with van der Waals surface area (Å²) in [6, 6.07) is 0.281. The van der Waals surface area contributed by atoms with Crippen LogP contribution >= 0.6 is 11.8 Å². The molecule has 1 amide bonds. The van der Waals surface area contributed by atoms with E-state index >= 15 is 0 Å². The Morgan fingerprint density at radius 2 is 2.38 bits per heavy atom. The van der Waals surface area contributed by atoms with Crippen LogP contribution < -0.4 is 5.32 Å². The molecule has 0 aromatic carbocycles. The molecule has 1 aliphatic heterocycles. The second kappa shape index (κ2) is 5.53. The number of thioether (sulfide) groups is 1. The summed E-state index contributed by atoms with van der Waals surface area (Å²) < 4.78 is 0. The summed E-state index contributed by atoms with van der Waals surface area (Å²) in [5.41, 5.74) is 0. The van der Waals surface area contributed by atoms with Gasteiger partial charge in [0.05, 0.1) is 0 Å². The molecule has 0 aliphatic carbocycles. The van der Waals surface area contributed by atoms with Gasteiger partial charge in [0.1, 0.15) is 0 Å². The van der Waals surface area contributed by atoms with Crippen LogP contribution in [-0.2, 0) is 4.79 Å². The summed E-state index contributed by atoms with van der Waals surface area (Å²) in [7, 11) is 0. The average Bonchev–Trinajstić information content (AvgIpc) is 2.04. The molecule has 0 bridgehead atoms. The minimum absolute atomic E-state index is 0.225. The van der Waals surface area contributed by atoms with E-state index in [1.165, 1.54) is 24.3 Å². The zero-order chi connectivity index (χ0) is 9.68. The van der Waals surface area contributed by atoms with E-state index in [1.807, 2.05) is 25.6 Å². The third-order valence-corrected chi connectivity index (χ3v) is 3.46. The predicted molar refractivity (Wildman–Crippen MR) is 57.9 cm³/mol. The van der Waals surface area contributed by atoms with Crippen molar-refractivity contribution in [3.8, 4) is 0 Å². The number of hydrogen-bond acceptors (Lipinski definition) is 2. The van der Waals surface area contributed by atoms with E-state index in [2.05, 4.69) is 5.32 Å². The van der Waals surface area contributed by atoms with Gasteiger partial charge in [0, 0.05) is 12.5 Å². The molecule has 0 aromatic rings. The number of amides is 1. The molecule has 0 radical (unpaired) electrons. The molecular weight excluding hydrogens is 182 g/mol. The summed E-state index contributed by atoms with van der Waals surface area (Å²) in [5, 5.41) is 2.94. The van der Waals surface area contributed by atoms with Gasteiger partial charge in [-0.05, 0) is 44.1 Å². The van der Waals surface area contributed by atoms with Crippen molar-refractivity contribution >= 4 is 17.7 Å². The zero-order valence-corrected chi connectivity index (χ0v) is 9.32. The molecule has 2 nitrogen and oxygen atoms in total. The summed E-state index contributed by atoms with van der Waals surface area (Å²) in [6.07, 6.45) is 3.24. The average molecular weight is 201 g/mol. The van der Waals surface area contributed by atoms with Gasteiger partial charge in [0.2, 0.25) is 5.91 Å². The first kappa shape index (κ1) is 10.9. The Morgan fingerprint density at radius 3 is 2.92 bits per heavy atom. The van der Waals surface area contributed by atoms with Crippen molar-refractivity contribution < 1.29 is 4.79 Å². The summed E-state index contributed by atoms with van der Waals surface area (Å²) in [5.74, 6) is 3.30. The second-order valence-electron chi connectivity index (χ2n) is 4.01. The van der Waals surface area contributed by atoms with Gasteiger partial charge in [0.15, 0.2) is 0 Å². The maximum absolute atomic E-state index is 11.4. The predicted octanol–water partition coefficient (Wildman–Crippen LogP) is 2.04. The minimum atomic E-state index is 0.225. The fourth-order valence-electron chi connectivity index (χ4n) is 1.61. The molecule has 1 atom stereocenters. The van der Waals surface area contributed by atoms with E-state index in [0.29, 0.717) is 5.92 Å².